The lowest BCUT2D eigenvalue weighted by atomic mass is 9.97. The first-order chi connectivity index (χ1) is 18.8. The minimum absolute atomic E-state index is 0.113. The molecule has 1 aromatic heterocycles. The van der Waals surface area contributed by atoms with Crippen LogP contribution >= 0.6 is 0 Å². The molecule has 0 radical (unpaired) electrons. The second kappa shape index (κ2) is 14.0. The third kappa shape index (κ3) is 8.84. The number of carbonyl (C=O) groups is 1. The first-order valence-corrected chi connectivity index (χ1v) is 15.1. The van der Waals surface area contributed by atoms with Gasteiger partial charge in [0.15, 0.2) is 0 Å². The molecule has 4 rings (SSSR count). The van der Waals surface area contributed by atoms with Crippen LogP contribution in [0.1, 0.15) is 104 Å². The van der Waals surface area contributed by atoms with Gasteiger partial charge in [-0.2, -0.15) is 5.10 Å². The number of benzene rings is 1. The summed E-state index contributed by atoms with van der Waals surface area (Å²) in [5.74, 6) is 1.45. The Bertz CT molecular complexity index is 1040. The Labute approximate surface area is 234 Å². The highest BCUT2D eigenvalue weighted by molar-refractivity contribution is 5.69. The first kappa shape index (κ1) is 29.2. The molecule has 0 unspecified atom stereocenters. The van der Waals surface area contributed by atoms with Crippen LogP contribution in [0.4, 0.5) is 4.79 Å². The number of nitrogens with zero attached hydrogens (tertiary/aromatic N) is 3. The maximum atomic E-state index is 12.7. The van der Waals surface area contributed by atoms with Crippen molar-refractivity contribution in [2.45, 2.75) is 122 Å². The van der Waals surface area contributed by atoms with Crippen molar-refractivity contribution in [1.29, 1.82) is 0 Å². The van der Waals surface area contributed by atoms with Gasteiger partial charge in [-0.05, 0) is 96.3 Å². The van der Waals surface area contributed by atoms with E-state index in [4.69, 9.17) is 14.2 Å². The molecule has 1 saturated carbocycles. The Morgan fingerprint density at radius 3 is 2.46 bits per heavy atom. The van der Waals surface area contributed by atoms with Crippen molar-refractivity contribution in [3.63, 3.8) is 0 Å². The monoisotopic (exact) mass is 537 g/mol. The van der Waals surface area contributed by atoms with Crippen LogP contribution in [0.2, 0.25) is 0 Å². The van der Waals surface area contributed by atoms with Crippen molar-refractivity contribution in [1.82, 2.24) is 15.1 Å². The van der Waals surface area contributed by atoms with E-state index in [1.165, 1.54) is 19.3 Å². The van der Waals surface area contributed by atoms with Gasteiger partial charge >= 0.3 is 6.09 Å². The van der Waals surface area contributed by atoms with E-state index in [0.717, 1.165) is 86.9 Å². The lowest BCUT2D eigenvalue weighted by Crippen LogP contribution is -2.46. The molecule has 2 heterocycles. The smallest absolute Gasteiger partial charge is 0.410 e. The average Bonchev–Trinajstić information content (AvgIpc) is 2.92. The summed E-state index contributed by atoms with van der Waals surface area (Å²) in [6, 6.07) is 10.5. The Morgan fingerprint density at radius 1 is 1.00 bits per heavy atom. The Hall–Kier alpha value is -2.83. The summed E-state index contributed by atoms with van der Waals surface area (Å²) < 4.78 is 18.0. The molecule has 7 heteroatoms. The van der Waals surface area contributed by atoms with E-state index < -0.39 is 5.60 Å². The van der Waals surface area contributed by atoms with Gasteiger partial charge in [0.05, 0.1) is 18.4 Å². The summed E-state index contributed by atoms with van der Waals surface area (Å²) in [6.07, 6.45) is 13.1. The number of piperidine rings is 1. The van der Waals surface area contributed by atoms with Crippen LogP contribution in [0.25, 0.3) is 11.1 Å². The fraction of sp³-hybridized carbons (Fsp3) is 0.656. The molecule has 1 amide bonds. The number of ether oxygens (including phenoxy) is 3. The van der Waals surface area contributed by atoms with Crippen molar-refractivity contribution < 1.29 is 19.0 Å². The molecule has 1 aliphatic heterocycles. The number of likely N-dealkylation sites (tertiary alicyclic amines) is 1. The maximum absolute atomic E-state index is 12.7. The Morgan fingerprint density at radius 2 is 1.74 bits per heavy atom. The van der Waals surface area contributed by atoms with E-state index in [-0.39, 0.29) is 12.1 Å². The number of rotatable bonds is 10. The Balaban J connectivity index is 1.41. The van der Waals surface area contributed by atoms with Crippen LogP contribution in [-0.2, 0) is 11.2 Å². The zero-order chi connectivity index (χ0) is 27.7. The molecule has 0 N–H and O–H groups in total. The van der Waals surface area contributed by atoms with E-state index in [0.29, 0.717) is 18.6 Å². The van der Waals surface area contributed by atoms with Gasteiger partial charge in [0.2, 0.25) is 5.88 Å². The predicted octanol–water partition coefficient (Wildman–Crippen LogP) is 7.76. The SMILES string of the molecule is CCCCc1nnc(OCC[C@H]2CCCCN2C(=O)OC(C)(C)C)cc1-c1ccc(OC2CCCCC2)cc1. The highest BCUT2D eigenvalue weighted by Crippen LogP contribution is 2.30. The van der Waals surface area contributed by atoms with Crippen LogP contribution in [0.3, 0.4) is 0 Å². The van der Waals surface area contributed by atoms with Crippen LogP contribution in [0.5, 0.6) is 11.6 Å². The van der Waals surface area contributed by atoms with Crippen LogP contribution in [0.15, 0.2) is 30.3 Å². The third-order valence-corrected chi connectivity index (χ3v) is 7.59. The predicted molar refractivity (Wildman–Crippen MR) is 154 cm³/mol. The molecular weight excluding hydrogens is 490 g/mol. The van der Waals surface area contributed by atoms with Crippen molar-refractivity contribution in [3.8, 4) is 22.8 Å². The second-order valence-electron chi connectivity index (χ2n) is 12.0. The number of amides is 1. The van der Waals surface area contributed by atoms with Gasteiger partial charge in [-0.25, -0.2) is 4.79 Å². The molecule has 2 aromatic rings. The van der Waals surface area contributed by atoms with Gasteiger partial charge in [0, 0.05) is 30.6 Å². The average molecular weight is 538 g/mol. The van der Waals surface area contributed by atoms with E-state index in [2.05, 4.69) is 41.4 Å². The van der Waals surface area contributed by atoms with Gasteiger partial charge in [0.25, 0.3) is 0 Å². The third-order valence-electron chi connectivity index (χ3n) is 7.59. The molecule has 214 valence electrons. The van der Waals surface area contributed by atoms with Crippen LogP contribution in [0, 0.1) is 0 Å². The highest BCUT2D eigenvalue weighted by atomic mass is 16.6. The zero-order valence-electron chi connectivity index (χ0n) is 24.4. The number of hydrogen-bond donors (Lipinski definition) is 0. The van der Waals surface area contributed by atoms with E-state index in [1.807, 2.05) is 31.7 Å². The summed E-state index contributed by atoms with van der Waals surface area (Å²) >= 11 is 0. The molecule has 2 aliphatic rings. The summed E-state index contributed by atoms with van der Waals surface area (Å²) in [5.41, 5.74) is 2.65. The molecule has 1 aromatic carbocycles. The normalized spacial score (nSPS) is 18.6. The van der Waals surface area contributed by atoms with Gasteiger partial charge < -0.3 is 19.1 Å². The number of aromatic nitrogens is 2. The quantitative estimate of drug-likeness (QED) is 0.308. The largest absolute Gasteiger partial charge is 0.490 e. The number of unbranched alkanes of at least 4 members (excludes halogenated alkanes) is 1. The summed E-state index contributed by atoms with van der Waals surface area (Å²) in [5, 5.41) is 8.96. The fourth-order valence-electron chi connectivity index (χ4n) is 5.50. The summed E-state index contributed by atoms with van der Waals surface area (Å²) in [7, 11) is 0. The second-order valence-corrected chi connectivity index (χ2v) is 12.0. The molecule has 0 bridgehead atoms. The van der Waals surface area contributed by atoms with Crippen LogP contribution < -0.4 is 9.47 Å². The van der Waals surface area contributed by atoms with E-state index in [9.17, 15) is 4.79 Å². The van der Waals surface area contributed by atoms with Crippen molar-refractivity contribution in [3.05, 3.63) is 36.0 Å². The number of carbonyl (C=O) groups excluding carboxylic acids is 1. The number of aryl methyl sites for hydroxylation is 1. The molecule has 1 saturated heterocycles. The van der Waals surface area contributed by atoms with Crippen LogP contribution in [-0.4, -0.2) is 52.1 Å². The summed E-state index contributed by atoms with van der Waals surface area (Å²) in [4.78, 5) is 14.6. The topological polar surface area (TPSA) is 73.8 Å². The molecule has 1 aliphatic carbocycles. The summed E-state index contributed by atoms with van der Waals surface area (Å²) in [6.45, 7) is 9.12. The minimum atomic E-state index is -0.499. The van der Waals surface area contributed by atoms with Gasteiger partial charge in [-0.15, -0.1) is 5.10 Å². The minimum Gasteiger partial charge on any atom is -0.490 e. The van der Waals surface area contributed by atoms with Crippen molar-refractivity contribution in [2.75, 3.05) is 13.2 Å². The van der Waals surface area contributed by atoms with Crippen molar-refractivity contribution in [2.24, 2.45) is 0 Å². The molecule has 2 fully saturated rings. The lowest BCUT2D eigenvalue weighted by molar-refractivity contribution is 0.00736. The van der Waals surface area contributed by atoms with E-state index >= 15 is 0 Å². The van der Waals surface area contributed by atoms with Gasteiger partial charge in [-0.3, -0.25) is 0 Å². The lowest BCUT2D eigenvalue weighted by Gasteiger charge is -2.36. The fourth-order valence-corrected chi connectivity index (χ4v) is 5.50. The molecular formula is C32H47N3O4. The highest BCUT2D eigenvalue weighted by Gasteiger charge is 2.30. The van der Waals surface area contributed by atoms with Gasteiger partial charge in [0.1, 0.15) is 11.4 Å². The Kier molecular flexibility index (Phi) is 10.5. The van der Waals surface area contributed by atoms with Gasteiger partial charge in [-0.1, -0.05) is 31.9 Å². The standard InChI is InChI=1S/C32H47N3O4/c1-5-6-15-29-28(24-16-18-27(19-17-24)38-26-13-8-7-9-14-26)23-30(34-33-29)37-22-20-25-12-10-11-21-35(25)31(36)39-32(2,3)4/h16-19,23,25-26H,5-15,20-22H2,1-4H3/t25-/m1/s1. The molecule has 7 nitrogen and oxygen atoms in total. The zero-order valence-corrected chi connectivity index (χ0v) is 24.4. The molecule has 1 atom stereocenters. The molecule has 0 spiro atoms. The number of hydrogen-bond acceptors (Lipinski definition) is 6. The molecule has 39 heavy (non-hydrogen) atoms. The van der Waals surface area contributed by atoms with E-state index in [1.54, 1.807) is 0 Å². The van der Waals surface area contributed by atoms with Crippen molar-refractivity contribution >= 4 is 6.09 Å². The first-order valence-electron chi connectivity index (χ1n) is 15.1. The maximum Gasteiger partial charge on any atom is 0.410 e.